The van der Waals surface area contributed by atoms with Crippen molar-refractivity contribution in [2.24, 2.45) is 0 Å². The normalized spacial score (nSPS) is 10.8. The van der Waals surface area contributed by atoms with Gasteiger partial charge in [0, 0.05) is 13.0 Å². The van der Waals surface area contributed by atoms with E-state index in [1.807, 2.05) is 0 Å². The van der Waals surface area contributed by atoms with Gasteiger partial charge in [0.05, 0.1) is 0 Å². The number of carbonyl (C=O) groups is 1. The zero-order valence-corrected chi connectivity index (χ0v) is 14.4. The maximum atomic E-state index is 11.5. The standard InChI is InChI=1S/C18H37NO2/c1-3-5-7-9-11-12-14-16-18(20)21-19-17-15-13-10-8-6-4-2/h19H,3-17H2,1-2H3. The summed E-state index contributed by atoms with van der Waals surface area (Å²) in [5.41, 5.74) is 2.80. The molecule has 0 aliphatic carbocycles. The van der Waals surface area contributed by atoms with Crippen LogP contribution < -0.4 is 5.48 Å². The summed E-state index contributed by atoms with van der Waals surface area (Å²) < 4.78 is 0. The lowest BCUT2D eigenvalue weighted by Gasteiger charge is -2.06. The number of nitrogens with one attached hydrogen (secondary N) is 1. The van der Waals surface area contributed by atoms with Gasteiger partial charge in [0.2, 0.25) is 0 Å². The molecule has 3 heteroatoms. The van der Waals surface area contributed by atoms with Gasteiger partial charge in [-0.1, -0.05) is 84.5 Å². The van der Waals surface area contributed by atoms with Crippen molar-refractivity contribution < 1.29 is 9.63 Å². The van der Waals surface area contributed by atoms with Crippen molar-refractivity contribution in [2.45, 2.75) is 104 Å². The van der Waals surface area contributed by atoms with Gasteiger partial charge < -0.3 is 4.84 Å². The first kappa shape index (κ1) is 20.4. The van der Waals surface area contributed by atoms with Crippen molar-refractivity contribution in [1.82, 2.24) is 5.48 Å². The largest absolute Gasteiger partial charge is 0.371 e. The van der Waals surface area contributed by atoms with Gasteiger partial charge in [0.15, 0.2) is 0 Å². The average molecular weight is 299 g/mol. The Morgan fingerprint density at radius 1 is 0.714 bits per heavy atom. The minimum Gasteiger partial charge on any atom is -0.371 e. The molecule has 0 rings (SSSR count). The van der Waals surface area contributed by atoms with E-state index in [2.05, 4.69) is 19.3 Å². The second-order valence-electron chi connectivity index (χ2n) is 6.01. The first-order chi connectivity index (χ1) is 10.3. The van der Waals surface area contributed by atoms with Gasteiger partial charge in [-0.2, -0.15) is 5.48 Å². The molecule has 0 bridgehead atoms. The highest BCUT2D eigenvalue weighted by molar-refractivity contribution is 5.68. The van der Waals surface area contributed by atoms with E-state index in [0.29, 0.717) is 6.42 Å². The molecule has 1 N–H and O–H groups in total. The molecule has 0 heterocycles. The summed E-state index contributed by atoms with van der Waals surface area (Å²) in [6, 6.07) is 0. The van der Waals surface area contributed by atoms with E-state index in [1.54, 1.807) is 0 Å². The molecule has 0 spiro atoms. The van der Waals surface area contributed by atoms with Crippen LogP contribution in [-0.4, -0.2) is 12.5 Å². The molecule has 0 aromatic rings. The lowest BCUT2D eigenvalue weighted by atomic mass is 10.1. The van der Waals surface area contributed by atoms with Gasteiger partial charge in [0.1, 0.15) is 0 Å². The predicted molar refractivity (Wildman–Crippen MR) is 90.1 cm³/mol. The third-order valence-electron chi connectivity index (χ3n) is 3.80. The summed E-state index contributed by atoms with van der Waals surface area (Å²) in [5, 5.41) is 0. The highest BCUT2D eigenvalue weighted by Crippen LogP contribution is 2.08. The quantitative estimate of drug-likeness (QED) is 0.300. The van der Waals surface area contributed by atoms with Crippen LogP contribution in [0.2, 0.25) is 0 Å². The van der Waals surface area contributed by atoms with E-state index in [0.717, 1.165) is 25.8 Å². The van der Waals surface area contributed by atoms with Gasteiger partial charge in [-0.3, -0.25) is 4.79 Å². The first-order valence-corrected chi connectivity index (χ1v) is 9.23. The Hall–Kier alpha value is -0.570. The maximum Gasteiger partial charge on any atom is 0.324 e. The van der Waals surface area contributed by atoms with Gasteiger partial charge in [-0.05, 0) is 12.8 Å². The highest BCUT2D eigenvalue weighted by Gasteiger charge is 2.02. The fourth-order valence-corrected chi connectivity index (χ4v) is 2.39. The Kier molecular flexibility index (Phi) is 17.0. The van der Waals surface area contributed by atoms with Crippen LogP contribution in [-0.2, 0) is 9.63 Å². The number of unbranched alkanes of at least 4 members (excludes halogenated alkanes) is 11. The van der Waals surface area contributed by atoms with Crippen LogP contribution in [0, 0.1) is 0 Å². The average Bonchev–Trinajstić information content (AvgIpc) is 2.49. The van der Waals surface area contributed by atoms with Gasteiger partial charge >= 0.3 is 5.97 Å². The number of carbonyl (C=O) groups excluding carboxylic acids is 1. The number of hydrogen-bond acceptors (Lipinski definition) is 3. The number of rotatable bonds is 16. The van der Waals surface area contributed by atoms with Crippen molar-refractivity contribution in [3.8, 4) is 0 Å². The summed E-state index contributed by atoms with van der Waals surface area (Å²) in [5.74, 6) is -0.102. The molecule has 3 nitrogen and oxygen atoms in total. The van der Waals surface area contributed by atoms with Crippen molar-refractivity contribution in [3.63, 3.8) is 0 Å². The molecule has 0 aromatic carbocycles. The van der Waals surface area contributed by atoms with Gasteiger partial charge in [0.25, 0.3) is 0 Å². The third-order valence-corrected chi connectivity index (χ3v) is 3.80. The minimum atomic E-state index is -0.102. The molecule has 0 atom stereocenters. The summed E-state index contributed by atoms with van der Waals surface area (Å²) in [6.07, 6.45) is 16.7. The topological polar surface area (TPSA) is 38.3 Å². The second-order valence-corrected chi connectivity index (χ2v) is 6.01. The first-order valence-electron chi connectivity index (χ1n) is 9.23. The molecule has 126 valence electrons. The molecule has 0 radical (unpaired) electrons. The van der Waals surface area contributed by atoms with E-state index in [9.17, 15) is 4.79 Å². The fraction of sp³-hybridized carbons (Fsp3) is 0.944. The van der Waals surface area contributed by atoms with E-state index in [4.69, 9.17) is 4.84 Å². The fourth-order valence-electron chi connectivity index (χ4n) is 2.39. The van der Waals surface area contributed by atoms with Crippen LogP contribution >= 0.6 is 0 Å². The molecule has 0 fully saturated rings. The summed E-state index contributed by atoms with van der Waals surface area (Å²) in [4.78, 5) is 16.5. The zero-order chi connectivity index (χ0) is 15.6. The monoisotopic (exact) mass is 299 g/mol. The summed E-state index contributed by atoms with van der Waals surface area (Å²) in [6.45, 7) is 5.25. The summed E-state index contributed by atoms with van der Waals surface area (Å²) in [7, 11) is 0. The minimum absolute atomic E-state index is 0.102. The Labute approximate surface area is 132 Å². The Morgan fingerprint density at radius 3 is 1.76 bits per heavy atom. The van der Waals surface area contributed by atoms with Crippen LogP contribution in [0.4, 0.5) is 0 Å². The molecule has 0 aromatic heterocycles. The molecule has 0 saturated heterocycles. The van der Waals surface area contributed by atoms with Crippen LogP contribution in [0.3, 0.4) is 0 Å². The van der Waals surface area contributed by atoms with Crippen molar-refractivity contribution in [2.75, 3.05) is 6.54 Å². The maximum absolute atomic E-state index is 11.5. The zero-order valence-electron chi connectivity index (χ0n) is 14.4. The van der Waals surface area contributed by atoms with Crippen LogP contribution in [0.1, 0.15) is 104 Å². The number of hydroxylamine groups is 1. The molecule has 0 aliphatic rings. The van der Waals surface area contributed by atoms with E-state index in [1.165, 1.54) is 64.2 Å². The molecule has 0 saturated carbocycles. The van der Waals surface area contributed by atoms with Crippen molar-refractivity contribution in [1.29, 1.82) is 0 Å². The summed E-state index contributed by atoms with van der Waals surface area (Å²) >= 11 is 0. The predicted octanol–water partition coefficient (Wildman–Crippen LogP) is 5.54. The second kappa shape index (κ2) is 17.5. The molecular weight excluding hydrogens is 262 g/mol. The Morgan fingerprint density at radius 2 is 1.19 bits per heavy atom. The van der Waals surface area contributed by atoms with Gasteiger partial charge in [-0.25, -0.2) is 0 Å². The van der Waals surface area contributed by atoms with E-state index < -0.39 is 0 Å². The lowest BCUT2D eigenvalue weighted by Crippen LogP contribution is -2.20. The van der Waals surface area contributed by atoms with Crippen molar-refractivity contribution in [3.05, 3.63) is 0 Å². The Bertz CT molecular complexity index is 219. The Balaban J connectivity index is 3.13. The molecule has 21 heavy (non-hydrogen) atoms. The van der Waals surface area contributed by atoms with Crippen LogP contribution in [0.25, 0.3) is 0 Å². The van der Waals surface area contributed by atoms with E-state index >= 15 is 0 Å². The van der Waals surface area contributed by atoms with Gasteiger partial charge in [-0.15, -0.1) is 0 Å². The van der Waals surface area contributed by atoms with Crippen LogP contribution in [0.5, 0.6) is 0 Å². The van der Waals surface area contributed by atoms with Crippen molar-refractivity contribution >= 4 is 5.97 Å². The smallest absolute Gasteiger partial charge is 0.324 e. The van der Waals surface area contributed by atoms with E-state index in [-0.39, 0.29) is 5.97 Å². The third kappa shape index (κ3) is 17.4. The SMILES string of the molecule is CCCCCCCCCC(=O)ONCCCCCCCC. The lowest BCUT2D eigenvalue weighted by molar-refractivity contribution is -0.151. The highest BCUT2D eigenvalue weighted by atomic mass is 16.7. The molecule has 0 amide bonds. The van der Waals surface area contributed by atoms with Crippen LogP contribution in [0.15, 0.2) is 0 Å². The molecule has 0 aliphatic heterocycles. The number of hydrogen-bond donors (Lipinski definition) is 1. The molecule has 0 unspecified atom stereocenters. The molecular formula is C18H37NO2.